The van der Waals surface area contributed by atoms with Gasteiger partial charge >= 0.3 is 6.09 Å². The highest BCUT2D eigenvalue weighted by Gasteiger charge is 2.50. The van der Waals surface area contributed by atoms with Gasteiger partial charge in [-0.1, -0.05) is 23.8 Å². The number of fused-ring (bicyclic) bond motifs is 1. The molecule has 2 unspecified atom stereocenters. The molecule has 2 aromatic rings. The zero-order valence-corrected chi connectivity index (χ0v) is 15.6. The third-order valence-corrected chi connectivity index (χ3v) is 4.95. The van der Waals surface area contributed by atoms with Crippen molar-refractivity contribution in [1.29, 1.82) is 0 Å². The van der Waals surface area contributed by atoms with Crippen LogP contribution in [0.15, 0.2) is 28.9 Å². The number of quaternary nitrogens is 1. The highest BCUT2D eigenvalue weighted by Crippen LogP contribution is 2.31. The average Bonchev–Trinajstić information content (AvgIpc) is 3.00. The van der Waals surface area contributed by atoms with Crippen molar-refractivity contribution in [2.75, 3.05) is 13.1 Å². The van der Waals surface area contributed by atoms with E-state index in [-0.39, 0.29) is 10.7 Å². The number of rotatable bonds is 1. The van der Waals surface area contributed by atoms with E-state index in [2.05, 4.69) is 22.9 Å². The highest BCUT2D eigenvalue weighted by molar-refractivity contribution is 9.10. The second-order valence-electron chi connectivity index (χ2n) is 7.40. The number of ether oxygens (including phenoxy) is 1. The molecule has 124 valence electrons. The van der Waals surface area contributed by atoms with Crippen LogP contribution in [0.3, 0.4) is 0 Å². The molecule has 6 heteroatoms. The summed E-state index contributed by atoms with van der Waals surface area (Å²) < 4.78 is 6.65. The van der Waals surface area contributed by atoms with Gasteiger partial charge in [0, 0.05) is 17.7 Å². The van der Waals surface area contributed by atoms with E-state index in [4.69, 9.17) is 9.84 Å². The second-order valence-corrected chi connectivity index (χ2v) is 8.15. The van der Waals surface area contributed by atoms with Gasteiger partial charge in [-0.25, -0.2) is 0 Å². The molecule has 0 radical (unpaired) electrons. The smallest absolute Gasteiger partial charge is 0.413 e. The van der Waals surface area contributed by atoms with Crippen LogP contribution in [0.1, 0.15) is 34.1 Å². The van der Waals surface area contributed by atoms with E-state index in [1.165, 1.54) is 0 Å². The maximum atomic E-state index is 13.0. The van der Waals surface area contributed by atoms with Gasteiger partial charge < -0.3 is 4.74 Å². The van der Waals surface area contributed by atoms with Gasteiger partial charge in [-0.2, -0.15) is 4.79 Å². The Balaban J connectivity index is 2.12. The average molecular weight is 381 g/mol. The molecular formula is C17H23BrN3O2+. The molecule has 5 nitrogen and oxygen atoms in total. The van der Waals surface area contributed by atoms with Crippen molar-refractivity contribution in [1.82, 2.24) is 14.5 Å². The van der Waals surface area contributed by atoms with Gasteiger partial charge in [0.05, 0.1) is 5.52 Å². The van der Waals surface area contributed by atoms with E-state index in [0.717, 1.165) is 21.9 Å². The fourth-order valence-electron chi connectivity index (χ4n) is 3.14. The summed E-state index contributed by atoms with van der Waals surface area (Å²) in [6.45, 7) is 9.26. The van der Waals surface area contributed by atoms with Gasteiger partial charge in [0.1, 0.15) is 18.7 Å². The molecule has 23 heavy (non-hydrogen) atoms. The topological polar surface area (TPSA) is 44.1 Å². The fraction of sp³-hybridized carbons (Fsp3) is 0.529. The van der Waals surface area contributed by atoms with Crippen molar-refractivity contribution < 1.29 is 9.53 Å². The largest absolute Gasteiger partial charge is 0.543 e. The normalized spacial score (nSPS) is 25.0. The highest BCUT2D eigenvalue weighted by atomic mass is 79.9. The van der Waals surface area contributed by atoms with Gasteiger partial charge in [-0.05, 0) is 48.8 Å². The van der Waals surface area contributed by atoms with Crippen LogP contribution in [-0.2, 0) is 4.74 Å². The Labute approximate surface area is 144 Å². The molecule has 2 atom stereocenters. The van der Waals surface area contributed by atoms with E-state index in [1.807, 2.05) is 45.0 Å². The van der Waals surface area contributed by atoms with E-state index < -0.39 is 5.60 Å². The molecule has 0 N–H and O–H groups in total. The molecule has 0 saturated carbocycles. The van der Waals surface area contributed by atoms with Gasteiger partial charge in [0.25, 0.3) is 0 Å². The maximum absolute atomic E-state index is 13.0. The first-order chi connectivity index (χ1) is 10.7. The van der Waals surface area contributed by atoms with Crippen LogP contribution < -0.4 is 4.59 Å². The number of benzene rings is 1. The predicted octanol–water partition coefficient (Wildman–Crippen LogP) is 4.21. The summed E-state index contributed by atoms with van der Waals surface area (Å²) >= 11 is 3.64. The van der Waals surface area contributed by atoms with Crippen LogP contribution in [0.5, 0.6) is 0 Å². The Hall–Kier alpha value is -1.40. The maximum Gasteiger partial charge on any atom is 0.543 e. The van der Waals surface area contributed by atoms with Crippen molar-refractivity contribution in [3.63, 3.8) is 0 Å². The molecule has 2 heterocycles. The molecule has 1 aliphatic heterocycles. The molecule has 1 saturated heterocycles. The minimum Gasteiger partial charge on any atom is -0.413 e. The molecule has 1 aliphatic rings. The van der Waals surface area contributed by atoms with Crippen molar-refractivity contribution in [2.45, 2.75) is 39.7 Å². The minimum atomic E-state index is -0.521. The van der Waals surface area contributed by atoms with E-state index in [1.54, 1.807) is 4.79 Å². The van der Waals surface area contributed by atoms with Crippen molar-refractivity contribution in [3.05, 3.63) is 28.9 Å². The molecular weight excluding hydrogens is 358 g/mol. The Bertz CT molecular complexity index is 750. The molecule has 0 bridgehead atoms. The minimum absolute atomic E-state index is 0.0910. The van der Waals surface area contributed by atoms with Crippen LogP contribution in [0.4, 0.5) is 4.79 Å². The Kier molecular flexibility index (Phi) is 4.01. The van der Waals surface area contributed by atoms with Crippen LogP contribution in [-0.4, -0.2) is 34.7 Å². The third kappa shape index (κ3) is 2.90. The Morgan fingerprint density at radius 1 is 1.39 bits per heavy atom. The van der Waals surface area contributed by atoms with Crippen LogP contribution >= 0.6 is 15.9 Å². The standard InChI is InChI=1S/C17H23BrN3O2/c1-12-9-10-21(11-12,16(22)23-17(2,3)4)20-15(18)13-7-5-6-8-14(13)19-20/h5-8,12H,9-11H2,1-4H3/q+1. The number of nitrogens with zero attached hydrogens (tertiary/aromatic N) is 3. The van der Waals surface area contributed by atoms with E-state index in [9.17, 15) is 4.79 Å². The third-order valence-electron chi connectivity index (χ3n) is 4.21. The number of amides is 1. The Morgan fingerprint density at radius 3 is 2.65 bits per heavy atom. The molecule has 1 aromatic heterocycles. The summed E-state index contributed by atoms with van der Waals surface area (Å²) in [6.07, 6.45) is 0.734. The number of halogens is 1. The first-order valence-corrected chi connectivity index (χ1v) is 8.77. The van der Waals surface area contributed by atoms with Crippen LogP contribution in [0.2, 0.25) is 0 Å². The van der Waals surface area contributed by atoms with Gasteiger partial charge in [0.2, 0.25) is 0 Å². The number of hydrogen-bond acceptors (Lipinski definition) is 3. The Morgan fingerprint density at radius 2 is 2.09 bits per heavy atom. The lowest BCUT2D eigenvalue weighted by molar-refractivity contribution is 0.00157. The fourth-order valence-corrected chi connectivity index (χ4v) is 3.86. The first kappa shape index (κ1) is 16.5. The lowest BCUT2D eigenvalue weighted by atomic mass is 10.2. The second kappa shape index (κ2) is 5.60. The lowest BCUT2D eigenvalue weighted by Gasteiger charge is -2.32. The SMILES string of the molecule is CC1CC[N+](C(=O)OC(C)(C)C)(n2nc3ccccc3c2Br)C1. The van der Waals surface area contributed by atoms with Crippen LogP contribution in [0.25, 0.3) is 10.9 Å². The summed E-state index contributed by atoms with van der Waals surface area (Å²) in [5, 5.41) is 5.70. The summed E-state index contributed by atoms with van der Waals surface area (Å²) in [7, 11) is 0. The van der Waals surface area contributed by atoms with Crippen molar-refractivity contribution >= 4 is 32.9 Å². The van der Waals surface area contributed by atoms with E-state index >= 15 is 0 Å². The number of carbonyl (C=O) groups is 1. The van der Waals surface area contributed by atoms with Crippen LogP contribution in [0, 0.1) is 5.92 Å². The van der Waals surface area contributed by atoms with E-state index in [0.29, 0.717) is 19.0 Å². The molecule has 3 rings (SSSR count). The number of hydrogen-bond donors (Lipinski definition) is 0. The molecule has 1 fully saturated rings. The first-order valence-electron chi connectivity index (χ1n) is 7.98. The van der Waals surface area contributed by atoms with Crippen molar-refractivity contribution in [3.8, 4) is 0 Å². The molecule has 1 amide bonds. The lowest BCUT2D eigenvalue weighted by Crippen LogP contribution is -2.62. The summed E-state index contributed by atoms with van der Waals surface area (Å²) in [4.78, 5) is 14.8. The summed E-state index contributed by atoms with van der Waals surface area (Å²) in [6, 6.07) is 7.90. The monoisotopic (exact) mass is 380 g/mol. The van der Waals surface area contributed by atoms with Gasteiger partial charge in [0.15, 0.2) is 4.60 Å². The van der Waals surface area contributed by atoms with Gasteiger partial charge in [-0.3, -0.25) is 0 Å². The van der Waals surface area contributed by atoms with Crippen molar-refractivity contribution in [2.24, 2.45) is 5.92 Å². The molecule has 1 aromatic carbocycles. The summed E-state index contributed by atoms with van der Waals surface area (Å²) in [5.41, 5.74) is 0.354. The number of aromatic nitrogens is 2. The number of carbonyl (C=O) groups excluding carboxylic acids is 1. The molecule has 0 aliphatic carbocycles. The van der Waals surface area contributed by atoms with Gasteiger partial charge in [-0.15, -0.1) is 9.69 Å². The molecule has 0 spiro atoms. The predicted molar refractivity (Wildman–Crippen MR) is 94.7 cm³/mol. The quantitative estimate of drug-likeness (QED) is 0.695. The number of likely N-dealkylation sites (tertiary alicyclic amines) is 1. The zero-order chi connectivity index (χ0) is 16.8. The summed E-state index contributed by atoms with van der Waals surface area (Å²) in [5.74, 6) is 0.446. The zero-order valence-electron chi connectivity index (χ0n) is 14.0.